The SMILES string of the molecule is CC(=NS(=O)(=O)c1cc(C)c(NC(=O)c2ccccc2C)cc1C)C1CCN(C)CC1. The van der Waals surface area contributed by atoms with Gasteiger partial charge in [-0.25, -0.2) is 0 Å². The van der Waals surface area contributed by atoms with Gasteiger partial charge in [0.15, 0.2) is 0 Å². The zero-order chi connectivity index (χ0) is 22.8. The van der Waals surface area contributed by atoms with E-state index in [0.29, 0.717) is 28.1 Å². The summed E-state index contributed by atoms with van der Waals surface area (Å²) >= 11 is 0. The van der Waals surface area contributed by atoms with E-state index in [1.165, 1.54) is 0 Å². The van der Waals surface area contributed by atoms with Crippen LogP contribution < -0.4 is 5.32 Å². The number of benzene rings is 2. The van der Waals surface area contributed by atoms with Crippen molar-refractivity contribution in [3.8, 4) is 0 Å². The zero-order valence-corrected chi connectivity index (χ0v) is 19.7. The molecule has 0 spiro atoms. The second-order valence-corrected chi connectivity index (χ2v) is 10.1. The maximum absolute atomic E-state index is 13.0. The van der Waals surface area contributed by atoms with Crippen LogP contribution in [0.3, 0.4) is 0 Å². The molecule has 3 rings (SSSR count). The predicted molar refractivity (Wildman–Crippen MR) is 126 cm³/mol. The van der Waals surface area contributed by atoms with Gasteiger partial charge in [-0.1, -0.05) is 18.2 Å². The third-order valence-corrected chi connectivity index (χ3v) is 7.54. The average Bonchev–Trinajstić information content (AvgIpc) is 2.70. The normalized spacial score (nSPS) is 16.4. The molecule has 1 aliphatic heterocycles. The lowest BCUT2D eigenvalue weighted by Gasteiger charge is -2.28. The maximum Gasteiger partial charge on any atom is 0.282 e. The smallest absolute Gasteiger partial charge is 0.282 e. The van der Waals surface area contributed by atoms with Crippen LogP contribution in [0.15, 0.2) is 45.7 Å². The van der Waals surface area contributed by atoms with Crippen LogP contribution in [0.2, 0.25) is 0 Å². The maximum atomic E-state index is 13.0. The van der Waals surface area contributed by atoms with E-state index in [1.54, 1.807) is 32.0 Å². The van der Waals surface area contributed by atoms with Crippen molar-refractivity contribution in [3.05, 3.63) is 58.7 Å². The van der Waals surface area contributed by atoms with Crippen molar-refractivity contribution in [2.75, 3.05) is 25.5 Å². The number of likely N-dealkylation sites (tertiary alicyclic amines) is 1. The Bertz CT molecular complexity index is 1110. The van der Waals surface area contributed by atoms with Gasteiger partial charge >= 0.3 is 0 Å². The molecule has 0 saturated carbocycles. The molecule has 0 aromatic heterocycles. The summed E-state index contributed by atoms with van der Waals surface area (Å²) < 4.78 is 30.2. The molecule has 0 unspecified atom stereocenters. The minimum Gasteiger partial charge on any atom is -0.322 e. The lowest BCUT2D eigenvalue weighted by molar-refractivity contribution is 0.102. The Morgan fingerprint density at radius 1 is 1.03 bits per heavy atom. The molecule has 6 nitrogen and oxygen atoms in total. The number of hydrogen-bond donors (Lipinski definition) is 1. The van der Waals surface area contributed by atoms with Crippen molar-refractivity contribution in [3.63, 3.8) is 0 Å². The molecule has 1 N–H and O–H groups in total. The highest BCUT2D eigenvalue weighted by Gasteiger charge is 2.23. The van der Waals surface area contributed by atoms with Crippen LogP contribution in [0, 0.1) is 26.7 Å². The van der Waals surface area contributed by atoms with Gasteiger partial charge in [-0.3, -0.25) is 4.79 Å². The molecule has 1 amide bonds. The van der Waals surface area contributed by atoms with Crippen molar-refractivity contribution in [2.24, 2.45) is 10.3 Å². The number of hydrogen-bond acceptors (Lipinski definition) is 4. The fourth-order valence-electron chi connectivity index (χ4n) is 3.96. The van der Waals surface area contributed by atoms with Crippen LogP contribution in [-0.4, -0.2) is 45.1 Å². The fourth-order valence-corrected chi connectivity index (χ4v) is 5.38. The van der Waals surface area contributed by atoms with Gasteiger partial charge in [0, 0.05) is 22.9 Å². The second kappa shape index (κ2) is 9.32. The van der Waals surface area contributed by atoms with Crippen LogP contribution in [0.4, 0.5) is 5.69 Å². The van der Waals surface area contributed by atoms with Crippen molar-refractivity contribution in [1.29, 1.82) is 0 Å². The van der Waals surface area contributed by atoms with Gasteiger partial charge < -0.3 is 10.2 Å². The van der Waals surface area contributed by atoms with Crippen LogP contribution >= 0.6 is 0 Å². The van der Waals surface area contributed by atoms with E-state index in [9.17, 15) is 13.2 Å². The van der Waals surface area contributed by atoms with Gasteiger partial charge in [-0.15, -0.1) is 0 Å². The Morgan fingerprint density at radius 3 is 2.32 bits per heavy atom. The first-order valence-corrected chi connectivity index (χ1v) is 12.0. The minimum atomic E-state index is -3.82. The van der Waals surface area contributed by atoms with Gasteiger partial charge in [0.2, 0.25) is 0 Å². The summed E-state index contributed by atoms with van der Waals surface area (Å²) in [6, 6.07) is 10.7. The van der Waals surface area contributed by atoms with Gasteiger partial charge in [0.05, 0.1) is 4.90 Å². The van der Waals surface area contributed by atoms with E-state index in [4.69, 9.17) is 0 Å². The van der Waals surface area contributed by atoms with E-state index in [1.807, 2.05) is 32.0 Å². The number of piperidine rings is 1. The molecule has 0 radical (unpaired) electrons. The molecule has 0 atom stereocenters. The highest BCUT2D eigenvalue weighted by Crippen LogP contribution is 2.27. The lowest BCUT2D eigenvalue weighted by atomic mass is 9.93. The number of rotatable bonds is 5. The first-order valence-electron chi connectivity index (χ1n) is 10.6. The van der Waals surface area contributed by atoms with E-state index < -0.39 is 10.0 Å². The predicted octanol–water partition coefficient (Wildman–Crippen LogP) is 4.36. The second-order valence-electron chi connectivity index (χ2n) is 8.49. The Hall–Kier alpha value is -2.51. The summed E-state index contributed by atoms with van der Waals surface area (Å²) in [5, 5.41) is 2.91. The van der Waals surface area contributed by atoms with Gasteiger partial charge in [-0.05, 0) is 95.6 Å². The van der Waals surface area contributed by atoms with Crippen molar-refractivity contribution in [2.45, 2.75) is 45.4 Å². The zero-order valence-electron chi connectivity index (χ0n) is 18.9. The summed E-state index contributed by atoms with van der Waals surface area (Å²) in [5.74, 6) is -0.0209. The summed E-state index contributed by atoms with van der Waals surface area (Å²) in [6.07, 6.45) is 1.84. The summed E-state index contributed by atoms with van der Waals surface area (Å²) in [7, 11) is -1.74. The van der Waals surface area contributed by atoms with Crippen molar-refractivity contribution >= 4 is 27.3 Å². The Labute approximate surface area is 185 Å². The summed E-state index contributed by atoms with van der Waals surface area (Å²) in [4.78, 5) is 15.1. The van der Waals surface area contributed by atoms with Crippen molar-refractivity contribution < 1.29 is 13.2 Å². The quantitative estimate of drug-likeness (QED) is 0.700. The highest BCUT2D eigenvalue weighted by atomic mass is 32.2. The number of nitrogens with zero attached hydrogens (tertiary/aromatic N) is 2. The standard InChI is InChI=1S/C24H31N3O3S/c1-16-8-6-7-9-21(16)24(28)25-22-14-18(3)23(15-17(22)2)31(29,30)26-19(4)20-10-12-27(5)13-11-20/h6-9,14-15,20H,10-13H2,1-5H3,(H,25,28). The topological polar surface area (TPSA) is 78.8 Å². The lowest BCUT2D eigenvalue weighted by Crippen LogP contribution is -2.33. The fraction of sp³-hybridized carbons (Fsp3) is 0.417. The van der Waals surface area contributed by atoms with E-state index in [2.05, 4.69) is 21.7 Å². The number of carbonyl (C=O) groups excluding carboxylic acids is 1. The molecule has 166 valence electrons. The summed E-state index contributed by atoms with van der Waals surface area (Å²) in [6.45, 7) is 9.12. The Balaban J connectivity index is 1.84. The molecule has 1 saturated heterocycles. The van der Waals surface area contributed by atoms with Gasteiger partial charge in [-0.2, -0.15) is 12.8 Å². The molecule has 1 fully saturated rings. The van der Waals surface area contributed by atoms with Crippen molar-refractivity contribution in [1.82, 2.24) is 4.90 Å². The largest absolute Gasteiger partial charge is 0.322 e. The highest BCUT2D eigenvalue weighted by molar-refractivity contribution is 7.90. The number of carbonyl (C=O) groups is 1. The molecule has 2 aromatic carbocycles. The number of aryl methyl sites for hydroxylation is 3. The minimum absolute atomic E-state index is 0.186. The monoisotopic (exact) mass is 441 g/mol. The molecule has 31 heavy (non-hydrogen) atoms. The first-order chi connectivity index (χ1) is 14.6. The Morgan fingerprint density at radius 2 is 1.68 bits per heavy atom. The Kier molecular flexibility index (Phi) is 6.96. The molecule has 1 aliphatic rings. The third kappa shape index (κ3) is 5.40. The molecule has 0 bridgehead atoms. The molecule has 7 heteroatoms. The molecule has 0 aliphatic carbocycles. The first kappa shape index (κ1) is 23.2. The van der Waals surface area contributed by atoms with E-state index in [0.717, 1.165) is 31.5 Å². The van der Waals surface area contributed by atoms with Crippen LogP contribution in [0.1, 0.15) is 46.8 Å². The van der Waals surface area contributed by atoms with Gasteiger partial charge in [0.25, 0.3) is 15.9 Å². The molecular weight excluding hydrogens is 410 g/mol. The third-order valence-electron chi connectivity index (χ3n) is 6.01. The van der Waals surface area contributed by atoms with Crippen LogP contribution in [-0.2, 0) is 10.0 Å². The van der Waals surface area contributed by atoms with Gasteiger partial charge in [0.1, 0.15) is 0 Å². The summed E-state index contributed by atoms with van der Waals surface area (Å²) in [5.41, 5.74) is 3.98. The average molecular weight is 442 g/mol. The number of anilines is 1. The van der Waals surface area contributed by atoms with E-state index in [-0.39, 0.29) is 16.7 Å². The number of nitrogens with one attached hydrogen (secondary N) is 1. The number of sulfonamides is 1. The van der Waals surface area contributed by atoms with Crippen LogP contribution in [0.25, 0.3) is 0 Å². The number of amides is 1. The molecule has 1 heterocycles. The molecular formula is C24H31N3O3S. The molecule has 2 aromatic rings. The van der Waals surface area contributed by atoms with E-state index >= 15 is 0 Å². The van der Waals surface area contributed by atoms with Crippen LogP contribution in [0.5, 0.6) is 0 Å².